The zero-order valence-corrected chi connectivity index (χ0v) is 18.0. The molecule has 0 radical (unpaired) electrons. The molecule has 1 amide bonds. The van der Waals surface area contributed by atoms with Gasteiger partial charge in [0.2, 0.25) is 0 Å². The molecule has 8 nitrogen and oxygen atoms in total. The van der Waals surface area contributed by atoms with Gasteiger partial charge in [-0.15, -0.1) is 0 Å². The van der Waals surface area contributed by atoms with Gasteiger partial charge in [0.25, 0.3) is 11.5 Å². The highest BCUT2D eigenvalue weighted by atomic mass is 16.5. The minimum Gasteiger partial charge on any atom is -0.497 e. The van der Waals surface area contributed by atoms with Crippen molar-refractivity contribution < 1.29 is 14.3 Å². The van der Waals surface area contributed by atoms with Crippen LogP contribution in [0.5, 0.6) is 11.5 Å². The predicted octanol–water partition coefficient (Wildman–Crippen LogP) is 1.83. The molecule has 1 aliphatic heterocycles. The SMILES string of the molecule is COc1cc(CNC(=O)c2ccc3c(=O)n4c(nc3c2)CCN(C)CC4)cc(OC)c1. The second-order valence-electron chi connectivity index (χ2n) is 7.67. The molecule has 0 atom stereocenters. The molecular formula is C23H26N4O4. The Balaban J connectivity index is 1.57. The van der Waals surface area contributed by atoms with E-state index in [4.69, 9.17) is 14.5 Å². The number of rotatable bonds is 5. The number of amides is 1. The van der Waals surface area contributed by atoms with Crippen LogP contribution in [0.2, 0.25) is 0 Å². The Hall–Kier alpha value is -3.39. The van der Waals surface area contributed by atoms with Crippen molar-refractivity contribution in [3.8, 4) is 11.5 Å². The Kier molecular flexibility index (Phi) is 5.90. The van der Waals surface area contributed by atoms with E-state index in [1.54, 1.807) is 43.1 Å². The smallest absolute Gasteiger partial charge is 0.261 e. The Morgan fingerprint density at radius 1 is 1.06 bits per heavy atom. The van der Waals surface area contributed by atoms with Crippen molar-refractivity contribution >= 4 is 16.8 Å². The van der Waals surface area contributed by atoms with Crippen LogP contribution in [0.4, 0.5) is 0 Å². The van der Waals surface area contributed by atoms with E-state index in [1.807, 2.05) is 19.2 Å². The maximum absolute atomic E-state index is 12.9. The number of methoxy groups -OCH3 is 2. The van der Waals surface area contributed by atoms with E-state index in [-0.39, 0.29) is 11.5 Å². The van der Waals surface area contributed by atoms with Gasteiger partial charge in [0, 0.05) is 44.2 Å². The van der Waals surface area contributed by atoms with Gasteiger partial charge in [0.1, 0.15) is 17.3 Å². The minimum absolute atomic E-state index is 0.0502. The van der Waals surface area contributed by atoms with Gasteiger partial charge in [-0.05, 0) is 42.9 Å². The van der Waals surface area contributed by atoms with Crippen LogP contribution in [-0.4, -0.2) is 54.7 Å². The van der Waals surface area contributed by atoms with E-state index < -0.39 is 0 Å². The quantitative estimate of drug-likeness (QED) is 0.675. The fraction of sp³-hybridized carbons (Fsp3) is 0.348. The molecule has 162 valence electrons. The number of nitrogens with zero attached hydrogens (tertiary/aromatic N) is 3. The molecule has 1 aromatic heterocycles. The summed E-state index contributed by atoms with van der Waals surface area (Å²) in [5.41, 5.74) is 1.82. The summed E-state index contributed by atoms with van der Waals surface area (Å²) in [4.78, 5) is 32.6. The van der Waals surface area contributed by atoms with E-state index in [0.717, 1.165) is 24.5 Å². The fourth-order valence-corrected chi connectivity index (χ4v) is 3.76. The molecule has 1 aliphatic rings. The lowest BCUT2D eigenvalue weighted by atomic mass is 10.1. The van der Waals surface area contributed by atoms with Crippen molar-refractivity contribution in [3.05, 3.63) is 63.7 Å². The van der Waals surface area contributed by atoms with Gasteiger partial charge in [0.15, 0.2) is 0 Å². The van der Waals surface area contributed by atoms with Gasteiger partial charge < -0.3 is 19.7 Å². The number of carbonyl (C=O) groups excluding carboxylic acids is 1. The number of benzene rings is 2. The lowest BCUT2D eigenvalue weighted by Gasteiger charge is -2.12. The van der Waals surface area contributed by atoms with Gasteiger partial charge in [-0.1, -0.05) is 0 Å². The van der Waals surface area contributed by atoms with Crippen LogP contribution in [-0.2, 0) is 19.5 Å². The van der Waals surface area contributed by atoms with Gasteiger partial charge >= 0.3 is 0 Å². The van der Waals surface area contributed by atoms with Crippen molar-refractivity contribution in [1.29, 1.82) is 0 Å². The van der Waals surface area contributed by atoms with Crippen molar-refractivity contribution in [2.45, 2.75) is 19.5 Å². The standard InChI is InChI=1S/C23H26N4O4/c1-26-7-6-21-25-20-12-16(4-5-19(20)23(29)27(21)9-8-26)22(28)24-14-15-10-17(30-2)13-18(11-15)31-3/h4-5,10-13H,6-9,14H2,1-3H3,(H,24,28). The van der Waals surface area contributed by atoms with E-state index in [9.17, 15) is 9.59 Å². The molecule has 2 heterocycles. The first kappa shape index (κ1) is 20.9. The molecule has 31 heavy (non-hydrogen) atoms. The predicted molar refractivity (Wildman–Crippen MR) is 118 cm³/mol. The summed E-state index contributed by atoms with van der Waals surface area (Å²) in [6.07, 6.45) is 0.704. The Bertz CT molecular complexity index is 1170. The molecule has 1 N–H and O–H groups in total. The molecule has 0 spiro atoms. The third-order valence-electron chi connectivity index (χ3n) is 5.58. The first-order valence-corrected chi connectivity index (χ1v) is 10.2. The molecule has 8 heteroatoms. The summed E-state index contributed by atoms with van der Waals surface area (Å²) in [5.74, 6) is 1.85. The first-order valence-electron chi connectivity index (χ1n) is 10.2. The van der Waals surface area contributed by atoms with Crippen molar-refractivity contribution in [3.63, 3.8) is 0 Å². The molecule has 3 aromatic rings. The van der Waals surface area contributed by atoms with Crippen LogP contribution in [0.25, 0.3) is 10.9 Å². The summed E-state index contributed by atoms with van der Waals surface area (Å²) in [5, 5.41) is 3.44. The lowest BCUT2D eigenvalue weighted by Crippen LogP contribution is -2.27. The molecule has 0 fully saturated rings. The summed E-state index contributed by atoms with van der Waals surface area (Å²) < 4.78 is 12.3. The second-order valence-corrected chi connectivity index (χ2v) is 7.67. The number of ether oxygens (including phenoxy) is 2. The highest BCUT2D eigenvalue weighted by Gasteiger charge is 2.17. The molecule has 0 saturated heterocycles. The van der Waals surface area contributed by atoms with Crippen LogP contribution >= 0.6 is 0 Å². The monoisotopic (exact) mass is 422 g/mol. The topological polar surface area (TPSA) is 85.7 Å². The molecule has 4 rings (SSSR count). The third-order valence-corrected chi connectivity index (χ3v) is 5.58. The molecular weight excluding hydrogens is 396 g/mol. The Morgan fingerprint density at radius 3 is 2.52 bits per heavy atom. The van der Waals surface area contributed by atoms with E-state index >= 15 is 0 Å². The third kappa shape index (κ3) is 4.39. The average Bonchev–Trinajstić information content (AvgIpc) is 2.98. The molecule has 2 aromatic carbocycles. The largest absolute Gasteiger partial charge is 0.497 e. The van der Waals surface area contributed by atoms with Gasteiger partial charge in [0.05, 0.1) is 25.1 Å². The maximum Gasteiger partial charge on any atom is 0.261 e. The average molecular weight is 422 g/mol. The lowest BCUT2D eigenvalue weighted by molar-refractivity contribution is 0.0951. The van der Waals surface area contributed by atoms with Crippen LogP contribution in [0.1, 0.15) is 21.7 Å². The summed E-state index contributed by atoms with van der Waals surface area (Å²) in [6, 6.07) is 10.5. The highest BCUT2D eigenvalue weighted by Crippen LogP contribution is 2.22. The van der Waals surface area contributed by atoms with Gasteiger partial charge in [-0.25, -0.2) is 4.98 Å². The zero-order chi connectivity index (χ0) is 22.0. The van der Waals surface area contributed by atoms with Gasteiger partial charge in [-0.3, -0.25) is 14.2 Å². The van der Waals surface area contributed by atoms with Crippen LogP contribution in [0, 0.1) is 0 Å². The number of carbonyl (C=O) groups is 1. The Morgan fingerprint density at radius 2 is 1.81 bits per heavy atom. The molecule has 0 saturated carbocycles. The number of likely N-dealkylation sites (N-methyl/N-ethyl adjacent to an activating group) is 1. The number of hydrogen-bond acceptors (Lipinski definition) is 6. The zero-order valence-electron chi connectivity index (χ0n) is 18.0. The number of nitrogens with one attached hydrogen (secondary N) is 1. The van der Waals surface area contributed by atoms with Gasteiger partial charge in [-0.2, -0.15) is 0 Å². The first-order chi connectivity index (χ1) is 15.0. The number of aromatic nitrogens is 2. The van der Waals surface area contributed by atoms with E-state index in [1.165, 1.54) is 0 Å². The van der Waals surface area contributed by atoms with Crippen LogP contribution < -0.4 is 20.3 Å². The maximum atomic E-state index is 12.9. The van der Waals surface area contributed by atoms with Crippen molar-refractivity contribution in [2.75, 3.05) is 34.4 Å². The molecule has 0 bridgehead atoms. The van der Waals surface area contributed by atoms with E-state index in [2.05, 4.69) is 10.2 Å². The summed E-state index contributed by atoms with van der Waals surface area (Å²) >= 11 is 0. The van der Waals surface area contributed by atoms with E-state index in [0.29, 0.717) is 47.5 Å². The number of hydrogen-bond donors (Lipinski definition) is 1. The van der Waals surface area contributed by atoms with Crippen LogP contribution in [0.3, 0.4) is 0 Å². The number of fused-ring (bicyclic) bond motifs is 2. The summed E-state index contributed by atoms with van der Waals surface area (Å²) in [7, 11) is 5.21. The molecule has 0 unspecified atom stereocenters. The molecule has 0 aliphatic carbocycles. The van der Waals surface area contributed by atoms with Crippen LogP contribution in [0.15, 0.2) is 41.2 Å². The normalized spacial score (nSPS) is 14.0. The highest BCUT2D eigenvalue weighted by molar-refractivity contribution is 5.97. The summed E-state index contributed by atoms with van der Waals surface area (Å²) in [6.45, 7) is 2.61. The fourth-order valence-electron chi connectivity index (χ4n) is 3.76. The Labute approximate surface area is 180 Å². The minimum atomic E-state index is -0.236. The van der Waals surface area contributed by atoms with Crippen molar-refractivity contribution in [2.24, 2.45) is 0 Å². The second kappa shape index (κ2) is 8.77. The van der Waals surface area contributed by atoms with Crippen molar-refractivity contribution in [1.82, 2.24) is 19.8 Å².